The summed E-state index contributed by atoms with van der Waals surface area (Å²) in [5.74, 6) is 1.67. The van der Waals surface area contributed by atoms with Gasteiger partial charge in [0.2, 0.25) is 20.0 Å². The van der Waals surface area contributed by atoms with Crippen molar-refractivity contribution in [2.45, 2.75) is 169 Å². The summed E-state index contributed by atoms with van der Waals surface area (Å²) >= 11 is 0. The first-order valence-electron chi connectivity index (χ1n) is 26.2. The van der Waals surface area contributed by atoms with Gasteiger partial charge in [-0.2, -0.15) is 4.31 Å². The Morgan fingerprint density at radius 3 is 1.33 bits per heavy atom. The average Bonchev–Trinajstić information content (AvgIpc) is 4.27. The normalized spacial score (nSPS) is 29.0. The van der Waals surface area contributed by atoms with Crippen molar-refractivity contribution in [1.82, 2.24) is 48.2 Å². The van der Waals surface area contributed by atoms with Crippen molar-refractivity contribution >= 4 is 63.2 Å². The zero-order chi connectivity index (χ0) is 52.1. The number of hydrogen-bond acceptors (Lipinski definition) is 14. The fourth-order valence-corrected chi connectivity index (χ4v) is 20.3. The van der Waals surface area contributed by atoms with Crippen LogP contribution >= 0.6 is 0 Å². The van der Waals surface area contributed by atoms with E-state index in [0.717, 1.165) is 126 Å². The van der Waals surface area contributed by atoms with E-state index in [1.165, 1.54) is 0 Å². The van der Waals surface area contributed by atoms with Crippen LogP contribution in [0.4, 0.5) is 0 Å². The van der Waals surface area contributed by atoms with E-state index in [2.05, 4.69) is 35.1 Å². The van der Waals surface area contributed by atoms with Crippen molar-refractivity contribution in [2.24, 2.45) is 0 Å². The molecule has 1 N–H and O–H groups in total. The lowest BCUT2D eigenvalue weighted by Crippen LogP contribution is -2.59. The molecule has 0 saturated heterocycles. The Morgan fingerprint density at radius 2 is 0.933 bits per heavy atom. The second-order valence-electron chi connectivity index (χ2n) is 22.9. The molecule has 2 atom stereocenters. The van der Waals surface area contributed by atoms with E-state index >= 15 is 0 Å². The minimum Gasteiger partial charge on any atom is -0.276 e. The molecule has 394 valence electrons. The molecule has 8 saturated carbocycles. The second-order valence-corrected chi connectivity index (χ2v) is 31.2. The SMILES string of the molecule is Cc1ccc(S(=O)(=O)C2C=Cc3c2ncc2nnc(C45CCC(N(C)S(=O)(=O)C6CC6)(CC4)CC5)n32)cc1.Cc1ccc(S(=O)(=O)C2C=Cc3c2ncc2nnc(C45CCC(NS(=O)(=O)C6CC6)(CC4)CC5)n32)cc1. The van der Waals surface area contributed by atoms with Crippen LogP contribution < -0.4 is 4.72 Å². The van der Waals surface area contributed by atoms with Crippen molar-refractivity contribution in [3.63, 3.8) is 0 Å². The fraction of sp³-hybridized carbons (Fsp3) is 0.509. The number of hydrogen-bond donors (Lipinski definition) is 1. The van der Waals surface area contributed by atoms with Crippen molar-refractivity contribution in [3.8, 4) is 0 Å². The van der Waals surface area contributed by atoms with Crippen LogP contribution in [0.25, 0.3) is 23.4 Å². The summed E-state index contributed by atoms with van der Waals surface area (Å²) < 4.78 is 114. The molecule has 0 aliphatic heterocycles. The van der Waals surface area contributed by atoms with Crippen LogP contribution in [0.2, 0.25) is 0 Å². The number of nitrogens with zero attached hydrogens (tertiary/aromatic N) is 9. The van der Waals surface area contributed by atoms with Crippen LogP contribution in [0, 0.1) is 13.8 Å². The molecular formula is C53H60N10O8S4. The number of benzene rings is 2. The van der Waals surface area contributed by atoms with Gasteiger partial charge in [-0.1, -0.05) is 47.5 Å². The quantitative estimate of drug-likeness (QED) is 0.128. The number of nitrogens with one attached hydrogen (secondary N) is 1. The highest BCUT2D eigenvalue weighted by Crippen LogP contribution is 2.57. The largest absolute Gasteiger partial charge is 0.276 e. The number of rotatable bonds is 12. The molecule has 10 aliphatic rings. The molecule has 4 aromatic heterocycles. The standard InChI is InChI=1S/C27H31N5O4S2.C26H29N5O4S2/c1-18-3-5-19(6-4-18)37(33,34)22-10-9-21-24(22)28-17-23-29-30-25(32(21)23)26-11-14-27(15-12-26,16-13-26)31(2)38(35,36)20-7-8-20;1-17-2-4-18(5-3-17)36(32,33)21-9-8-20-23(21)27-16-22-28-29-24(31(20)22)25-10-13-26(14-11-25,15-12-25)30-37(34,35)19-6-7-19/h3-6,9-10,17,20,22H,7-8,11-16H2,1-2H3;2-5,8-9,16,19,21,30H,6-7,10-15H2,1H3. The molecular weight excluding hydrogens is 1030 g/mol. The van der Waals surface area contributed by atoms with E-state index in [9.17, 15) is 33.7 Å². The third kappa shape index (κ3) is 7.75. The van der Waals surface area contributed by atoms with Crippen LogP contribution in [0.1, 0.15) is 159 Å². The van der Waals surface area contributed by atoms with Gasteiger partial charge in [0.25, 0.3) is 0 Å². The zero-order valence-electron chi connectivity index (χ0n) is 42.1. The first-order valence-corrected chi connectivity index (χ1v) is 32.3. The number of sulfone groups is 2. The van der Waals surface area contributed by atoms with Gasteiger partial charge in [-0.15, -0.1) is 20.4 Å². The van der Waals surface area contributed by atoms with Crippen LogP contribution in [-0.2, 0) is 50.6 Å². The summed E-state index contributed by atoms with van der Waals surface area (Å²) in [5, 5.41) is 15.9. The molecule has 8 fully saturated rings. The van der Waals surface area contributed by atoms with E-state index in [1.807, 2.05) is 34.8 Å². The van der Waals surface area contributed by atoms with Crippen molar-refractivity contribution in [1.29, 1.82) is 0 Å². The molecule has 0 amide bonds. The molecule has 6 aromatic rings. The Kier molecular flexibility index (Phi) is 11.1. The zero-order valence-corrected chi connectivity index (χ0v) is 45.4. The average molecular weight is 1090 g/mol. The van der Waals surface area contributed by atoms with Gasteiger partial charge in [0.05, 0.1) is 55.5 Å². The lowest BCUT2D eigenvalue weighted by atomic mass is 9.57. The Morgan fingerprint density at radius 1 is 0.533 bits per heavy atom. The maximum atomic E-state index is 13.5. The van der Waals surface area contributed by atoms with Crippen molar-refractivity contribution in [2.75, 3.05) is 7.05 Å². The van der Waals surface area contributed by atoms with Crippen LogP contribution in [0.15, 0.2) is 82.9 Å². The van der Waals surface area contributed by atoms with E-state index in [0.29, 0.717) is 34.1 Å². The van der Waals surface area contributed by atoms with Gasteiger partial charge in [-0.05, 0) is 153 Å². The van der Waals surface area contributed by atoms with Crippen LogP contribution in [-0.4, -0.2) is 106 Å². The second kappa shape index (κ2) is 16.9. The van der Waals surface area contributed by atoms with Crippen molar-refractivity contribution in [3.05, 3.63) is 119 Å². The minimum atomic E-state index is -3.67. The monoisotopic (exact) mass is 1090 g/mol. The summed E-state index contributed by atoms with van der Waals surface area (Å²) in [7, 11) is -12.1. The summed E-state index contributed by atoms with van der Waals surface area (Å²) in [4.78, 5) is 9.61. The first-order chi connectivity index (χ1) is 35.7. The molecule has 0 radical (unpaired) electrons. The summed E-state index contributed by atoms with van der Waals surface area (Å²) in [6.07, 6.45) is 22.9. The molecule has 2 unspecified atom stereocenters. The molecule has 22 heteroatoms. The Balaban J connectivity index is 0.000000144. The van der Waals surface area contributed by atoms with Gasteiger partial charge in [0.15, 0.2) is 31.0 Å². The molecule has 18 nitrogen and oxygen atoms in total. The lowest BCUT2D eigenvalue weighted by molar-refractivity contribution is 0.0293. The van der Waals surface area contributed by atoms with E-state index in [-0.39, 0.29) is 42.2 Å². The Bertz CT molecular complexity index is 3840. The summed E-state index contributed by atoms with van der Waals surface area (Å²) in [6, 6.07) is 13.8. The predicted octanol–water partition coefficient (Wildman–Crippen LogP) is 7.14. The van der Waals surface area contributed by atoms with E-state index in [1.54, 1.807) is 84.4 Å². The molecule has 2 aromatic carbocycles. The van der Waals surface area contributed by atoms with Gasteiger partial charge in [-0.25, -0.2) is 38.4 Å². The fourth-order valence-electron chi connectivity index (χ4n) is 13.4. The maximum absolute atomic E-state index is 13.5. The van der Waals surface area contributed by atoms with Crippen molar-refractivity contribution < 1.29 is 33.7 Å². The highest BCUT2D eigenvalue weighted by atomic mass is 32.2. The third-order valence-electron chi connectivity index (χ3n) is 18.5. The van der Waals surface area contributed by atoms with Crippen LogP contribution in [0.3, 0.4) is 0 Å². The first kappa shape index (κ1) is 49.3. The molecule has 4 heterocycles. The molecule has 75 heavy (non-hydrogen) atoms. The Labute approximate surface area is 437 Å². The maximum Gasteiger partial charge on any atom is 0.217 e. The number of sulfonamides is 2. The highest BCUT2D eigenvalue weighted by Gasteiger charge is 2.58. The third-order valence-corrected chi connectivity index (χ3v) is 27.0. The smallest absolute Gasteiger partial charge is 0.217 e. The van der Waals surface area contributed by atoms with E-state index in [4.69, 9.17) is 0 Å². The van der Waals surface area contributed by atoms with Gasteiger partial charge >= 0.3 is 0 Å². The van der Waals surface area contributed by atoms with Gasteiger partial charge in [0.1, 0.15) is 22.1 Å². The number of aryl methyl sites for hydroxylation is 2. The van der Waals surface area contributed by atoms with Gasteiger partial charge in [0, 0.05) is 29.0 Å². The summed E-state index contributed by atoms with van der Waals surface area (Å²) in [5.41, 5.74) is 4.48. The molecule has 4 bridgehead atoms. The predicted molar refractivity (Wildman–Crippen MR) is 281 cm³/mol. The molecule has 16 rings (SSSR count). The van der Waals surface area contributed by atoms with Gasteiger partial charge in [-0.3, -0.25) is 18.8 Å². The number of aromatic nitrogens is 8. The molecule has 10 aliphatic carbocycles. The lowest BCUT2D eigenvalue weighted by Gasteiger charge is -2.55. The summed E-state index contributed by atoms with van der Waals surface area (Å²) in [6.45, 7) is 3.85. The highest BCUT2D eigenvalue weighted by molar-refractivity contribution is 7.92. The topological polar surface area (TPSA) is 238 Å². The van der Waals surface area contributed by atoms with Gasteiger partial charge < -0.3 is 0 Å². The van der Waals surface area contributed by atoms with Crippen LogP contribution in [0.5, 0.6) is 0 Å². The Hall–Kier alpha value is -5.26. The van der Waals surface area contributed by atoms with E-state index < -0.39 is 50.2 Å². The number of fused-ring (bicyclic) bond motifs is 12. The minimum absolute atomic E-state index is 0.207. The molecule has 0 spiro atoms.